The summed E-state index contributed by atoms with van der Waals surface area (Å²) in [6.07, 6.45) is 2.56. The summed E-state index contributed by atoms with van der Waals surface area (Å²) in [4.78, 5) is 8.52. The third-order valence-electron chi connectivity index (χ3n) is 5.87. The average molecular weight is 863 g/mol. The third kappa shape index (κ3) is 35.0. The van der Waals surface area contributed by atoms with Crippen LogP contribution in [0.3, 0.4) is 0 Å². The zero-order chi connectivity index (χ0) is 33.1. The molecule has 1 heterocycles. The topological polar surface area (TPSA) is 22.2 Å². The fourth-order valence-corrected chi connectivity index (χ4v) is 3.99. The number of hydrogen-bond acceptors (Lipinski definition) is 5. The van der Waals surface area contributed by atoms with Gasteiger partial charge in [-0.15, -0.1) is 22.3 Å². The Morgan fingerprint density at radius 3 is 0.755 bits per heavy atom. The Labute approximate surface area is 342 Å². The predicted molar refractivity (Wildman–Crippen MR) is 191 cm³/mol. The molecule has 0 aliphatic carbocycles. The Hall–Kier alpha value is -1.24. The zero-order valence-electron chi connectivity index (χ0n) is 30.3. The van der Waals surface area contributed by atoms with Gasteiger partial charge in [0.25, 0.3) is 0 Å². The quantitative estimate of drug-likeness (QED) is 0.141. The van der Waals surface area contributed by atoms with Crippen LogP contribution >= 0.6 is 0 Å². The predicted octanol–water partition coefficient (Wildman–Crippen LogP) is 6.98. The molecule has 4 radical (unpaired) electrons. The van der Waals surface area contributed by atoms with Crippen molar-refractivity contribution in [2.45, 2.75) is 39.0 Å². The van der Waals surface area contributed by atoms with Crippen molar-refractivity contribution in [3.8, 4) is 0 Å². The van der Waals surface area contributed by atoms with Crippen LogP contribution in [-0.2, 0) is 99.2 Å². The Morgan fingerprint density at radius 2 is 0.633 bits per heavy atom. The molecular weight excluding hydrogens is 807 g/mol. The van der Waals surface area contributed by atoms with E-state index in [2.05, 4.69) is 125 Å². The van der Waals surface area contributed by atoms with Crippen LogP contribution in [0.1, 0.15) is 35.1 Å². The van der Waals surface area contributed by atoms with Gasteiger partial charge in [0.05, 0.1) is 0 Å². The summed E-state index contributed by atoms with van der Waals surface area (Å²) in [7, 11) is 16.5. The molecule has 5 rings (SSSR count). The minimum absolute atomic E-state index is 0. The van der Waals surface area contributed by atoms with Gasteiger partial charge < -0.3 is 24.3 Å². The van der Waals surface area contributed by atoms with Gasteiger partial charge in [-0.05, 0) is 69.2 Å². The molecule has 5 nitrogen and oxygen atoms in total. The molecule has 0 spiro atoms. The second-order valence-corrected chi connectivity index (χ2v) is 11.8. The van der Waals surface area contributed by atoms with Gasteiger partial charge >= 0.3 is 68.3 Å². The van der Waals surface area contributed by atoms with Gasteiger partial charge in [0.2, 0.25) is 0 Å². The SMILES string of the molecule is C1CCOC1.CN(C)Cc1[c-]cccc1.CN(C)Cc1[c-]cccc1.CN(C)Cc1[c-]cccc1.CN(C)Cc1[c-]cccc1.[Cu+2].[Cu+2].[Cu+2].[Cu+2]. The Kier molecular flexibility index (Phi) is 40.7. The molecule has 4 aromatic rings. The molecule has 0 amide bonds. The van der Waals surface area contributed by atoms with E-state index in [9.17, 15) is 0 Å². The maximum absolute atomic E-state index is 4.94. The first-order valence-corrected chi connectivity index (χ1v) is 15.6. The van der Waals surface area contributed by atoms with Crippen LogP contribution in [0.25, 0.3) is 0 Å². The minimum atomic E-state index is 0. The first-order valence-electron chi connectivity index (χ1n) is 15.6. The Morgan fingerprint density at radius 1 is 0.408 bits per heavy atom. The van der Waals surface area contributed by atoms with E-state index in [1.54, 1.807) is 0 Å². The van der Waals surface area contributed by atoms with E-state index in [0.717, 1.165) is 39.4 Å². The van der Waals surface area contributed by atoms with Gasteiger partial charge in [0.1, 0.15) is 0 Å². The summed E-state index contributed by atoms with van der Waals surface area (Å²) in [6.45, 7) is 5.89. The summed E-state index contributed by atoms with van der Waals surface area (Å²) in [5.41, 5.74) is 4.97. The number of ether oxygens (including phenoxy) is 1. The van der Waals surface area contributed by atoms with Crippen LogP contribution in [-0.4, -0.2) is 89.2 Å². The summed E-state index contributed by atoms with van der Waals surface area (Å²) >= 11 is 0. The van der Waals surface area contributed by atoms with Crippen molar-refractivity contribution in [1.82, 2.24) is 19.6 Å². The number of rotatable bonds is 8. The van der Waals surface area contributed by atoms with Crippen LogP contribution in [0.2, 0.25) is 0 Å². The molecule has 0 unspecified atom stereocenters. The summed E-state index contributed by atoms with van der Waals surface area (Å²) < 4.78 is 4.94. The molecule has 282 valence electrons. The van der Waals surface area contributed by atoms with Gasteiger partial charge in [-0.3, -0.25) is 0 Å². The molecule has 1 aliphatic rings. The van der Waals surface area contributed by atoms with Gasteiger partial charge in [-0.2, -0.15) is 121 Å². The molecule has 1 saturated heterocycles. The molecule has 0 saturated carbocycles. The second kappa shape index (κ2) is 36.5. The van der Waals surface area contributed by atoms with Crippen LogP contribution in [0.15, 0.2) is 97.1 Å². The maximum atomic E-state index is 4.94. The molecule has 1 fully saturated rings. The van der Waals surface area contributed by atoms with Crippen LogP contribution < -0.4 is 0 Å². The van der Waals surface area contributed by atoms with Crippen molar-refractivity contribution in [3.63, 3.8) is 0 Å². The van der Waals surface area contributed by atoms with Crippen LogP contribution in [0.5, 0.6) is 0 Å². The summed E-state index contributed by atoms with van der Waals surface area (Å²) in [6, 6.07) is 44.8. The van der Waals surface area contributed by atoms with E-state index in [1.807, 2.05) is 72.8 Å². The third-order valence-corrected chi connectivity index (χ3v) is 5.87. The van der Waals surface area contributed by atoms with Gasteiger partial charge in [0.15, 0.2) is 0 Å². The number of hydrogen-bond donors (Lipinski definition) is 0. The van der Waals surface area contributed by atoms with E-state index >= 15 is 0 Å². The fourth-order valence-electron chi connectivity index (χ4n) is 3.99. The largest absolute Gasteiger partial charge is 2.00 e. The Balaban J connectivity index is -0.000000256. The van der Waals surface area contributed by atoms with Crippen molar-refractivity contribution in [1.29, 1.82) is 0 Å². The molecule has 0 N–H and O–H groups in total. The van der Waals surface area contributed by atoms with Crippen molar-refractivity contribution in [2.24, 2.45) is 0 Å². The van der Waals surface area contributed by atoms with Crippen molar-refractivity contribution < 1.29 is 73.0 Å². The first kappa shape index (κ1) is 54.5. The Bertz CT molecular complexity index is 994. The molecular formula is C40H56Cu4N4O+4. The van der Waals surface area contributed by atoms with E-state index < -0.39 is 0 Å². The smallest absolute Gasteiger partial charge is 0.381 e. The molecule has 49 heavy (non-hydrogen) atoms. The van der Waals surface area contributed by atoms with Gasteiger partial charge in [-0.25, -0.2) is 0 Å². The zero-order valence-corrected chi connectivity index (χ0v) is 34.1. The summed E-state index contributed by atoms with van der Waals surface area (Å²) in [5, 5.41) is 0. The van der Waals surface area contributed by atoms with Gasteiger partial charge in [-0.1, -0.05) is 0 Å². The average Bonchev–Trinajstić information content (AvgIpc) is 3.60. The second-order valence-electron chi connectivity index (χ2n) is 11.8. The van der Waals surface area contributed by atoms with Crippen molar-refractivity contribution in [2.75, 3.05) is 69.6 Å². The molecule has 4 aromatic carbocycles. The van der Waals surface area contributed by atoms with Crippen LogP contribution in [0.4, 0.5) is 0 Å². The molecule has 0 bridgehead atoms. The fraction of sp³-hybridized carbons (Fsp3) is 0.400. The normalized spacial score (nSPS) is 10.9. The minimum Gasteiger partial charge on any atom is -0.381 e. The monoisotopic (exact) mass is 860 g/mol. The standard InChI is InChI=1S/4C9H12N.C4H8O.4Cu/c4*1-10(2)8-9-6-4-3-5-7-9;1-2-4-5-3-1;;;;/h4*3-6H,8H2,1-2H3;1-4H2;;;;/q4*-1;;4*+2. The first-order chi connectivity index (χ1) is 21.7. The van der Waals surface area contributed by atoms with E-state index in [1.165, 1.54) is 35.1 Å². The molecule has 9 heteroatoms. The van der Waals surface area contributed by atoms with Crippen molar-refractivity contribution in [3.05, 3.63) is 144 Å². The van der Waals surface area contributed by atoms with Crippen LogP contribution in [0, 0.1) is 24.3 Å². The number of benzene rings is 4. The number of nitrogens with zero attached hydrogens (tertiary/aromatic N) is 4. The van der Waals surface area contributed by atoms with Crippen molar-refractivity contribution >= 4 is 0 Å². The summed E-state index contributed by atoms with van der Waals surface area (Å²) in [5.74, 6) is 0. The van der Waals surface area contributed by atoms with E-state index in [0.29, 0.717) is 0 Å². The van der Waals surface area contributed by atoms with E-state index in [4.69, 9.17) is 4.74 Å². The maximum Gasteiger partial charge on any atom is 2.00 e. The molecule has 0 aromatic heterocycles. The van der Waals surface area contributed by atoms with E-state index in [-0.39, 0.29) is 68.3 Å². The van der Waals surface area contributed by atoms with Gasteiger partial charge in [0, 0.05) is 39.4 Å². The molecule has 0 atom stereocenters. The molecule has 1 aliphatic heterocycles.